The van der Waals surface area contributed by atoms with Crippen molar-refractivity contribution >= 4 is 0 Å². The Hall–Kier alpha value is -0.260. The van der Waals surface area contributed by atoms with Crippen LogP contribution in [0.2, 0.25) is 0 Å². The van der Waals surface area contributed by atoms with Gasteiger partial charge in [0.25, 0.3) is 0 Å². The topological polar surface area (TPSA) is 0 Å². The zero-order valence-corrected chi connectivity index (χ0v) is 14.4. The Morgan fingerprint density at radius 2 is 0.750 bits per heavy atom. The fraction of sp³-hybridized carbons (Fsp3) is 0.875. The lowest BCUT2D eigenvalue weighted by Crippen LogP contribution is -1.47. The molecule has 0 saturated carbocycles. The monoisotopic (exact) mass is 234 g/mol. The van der Waals surface area contributed by atoms with Crippen LogP contribution in [0.5, 0.6) is 0 Å². The Balaban J connectivity index is -0.0000000196. The highest BCUT2D eigenvalue weighted by atomic mass is 13.6. The molecule has 0 fully saturated rings. The average Bonchev–Trinajstić information content (AvgIpc) is 2.47. The Morgan fingerprint density at radius 1 is 0.625 bits per heavy atom. The van der Waals surface area contributed by atoms with Gasteiger partial charge >= 0.3 is 0 Å². The molecular weight excluding hydrogens is 192 g/mol. The summed E-state index contributed by atoms with van der Waals surface area (Å²) >= 11 is 0. The molecule has 0 heterocycles. The van der Waals surface area contributed by atoms with Gasteiger partial charge in [0.05, 0.1) is 0 Å². The molecule has 0 heteroatoms. The first kappa shape index (κ1) is 36.0. The fourth-order valence-electron chi connectivity index (χ4n) is 0. The first-order valence-electron chi connectivity index (χ1n) is 7.44. The summed E-state index contributed by atoms with van der Waals surface area (Å²) < 4.78 is 0. The second-order valence-electron chi connectivity index (χ2n) is 1.70. The Bertz CT molecular complexity index is 27.0. The van der Waals surface area contributed by atoms with E-state index < -0.39 is 0 Å². The predicted molar refractivity (Wildman–Crippen MR) is 86.5 cm³/mol. The maximum absolute atomic E-state index is 3.48. The summed E-state index contributed by atoms with van der Waals surface area (Å²) in [6.45, 7) is 25.9. The molecule has 0 nitrogen and oxygen atoms in total. The molecule has 0 aromatic carbocycles. The highest BCUT2D eigenvalue weighted by Gasteiger charge is 1.56. The largest absolute Gasteiger partial charge is 0.103 e. The SMILES string of the molecule is C=CCC.CC.CC.CC.CC.CCCC. The number of hydrogen-bond acceptors (Lipinski definition) is 0. The number of rotatable bonds is 2. The third-order valence-electron chi connectivity index (χ3n) is 0.789. The van der Waals surface area contributed by atoms with Crippen LogP contribution in [0.3, 0.4) is 0 Å². The van der Waals surface area contributed by atoms with E-state index in [4.69, 9.17) is 0 Å². The summed E-state index contributed by atoms with van der Waals surface area (Å²) in [7, 11) is 0. The third kappa shape index (κ3) is 737. The summed E-state index contributed by atoms with van der Waals surface area (Å²) in [6, 6.07) is 0. The van der Waals surface area contributed by atoms with E-state index in [2.05, 4.69) is 27.4 Å². The predicted octanol–water partition coefficient (Wildman–Crippen LogP) is 7.49. The van der Waals surface area contributed by atoms with E-state index in [1.807, 2.05) is 61.5 Å². The molecule has 0 N–H and O–H groups in total. The molecule has 106 valence electrons. The second-order valence-corrected chi connectivity index (χ2v) is 1.70. The highest BCUT2D eigenvalue weighted by molar-refractivity contribution is 4.60. The minimum absolute atomic E-state index is 1.08. The minimum atomic E-state index is 1.08. The zero-order chi connectivity index (χ0) is 14.8. The maximum Gasteiger partial charge on any atom is -0.0382 e. The summed E-state index contributed by atoms with van der Waals surface area (Å²) in [5.41, 5.74) is 0. The van der Waals surface area contributed by atoms with Gasteiger partial charge in [-0.1, -0.05) is 95.1 Å². The molecule has 0 aliphatic heterocycles. The van der Waals surface area contributed by atoms with Crippen molar-refractivity contribution in [2.45, 2.75) is 95.4 Å². The van der Waals surface area contributed by atoms with Crippen molar-refractivity contribution in [3.8, 4) is 0 Å². The van der Waals surface area contributed by atoms with Gasteiger partial charge in [0, 0.05) is 0 Å². The van der Waals surface area contributed by atoms with E-state index in [1.54, 1.807) is 0 Å². The lowest BCUT2D eigenvalue weighted by atomic mass is 10.4. The van der Waals surface area contributed by atoms with Crippen LogP contribution in [-0.2, 0) is 0 Å². The molecule has 0 aliphatic carbocycles. The zero-order valence-electron chi connectivity index (χ0n) is 14.4. The van der Waals surface area contributed by atoms with Gasteiger partial charge in [-0.25, -0.2) is 0 Å². The number of unbranched alkanes of at least 4 members (excludes halogenated alkanes) is 1. The first-order chi connectivity index (χ1) is 7.83. The minimum Gasteiger partial charge on any atom is -0.103 e. The standard InChI is InChI=1S/C4H10.C4H8.4C2H6/c2*1-3-4-2;4*1-2/h3-4H2,1-2H3;3H,1,4H2,2H3;4*1-2H3. The van der Waals surface area contributed by atoms with Gasteiger partial charge in [0.15, 0.2) is 0 Å². The number of hydrogen-bond donors (Lipinski definition) is 0. The smallest absolute Gasteiger partial charge is 0.0382 e. The van der Waals surface area contributed by atoms with E-state index in [9.17, 15) is 0 Å². The molecule has 0 aromatic rings. The van der Waals surface area contributed by atoms with E-state index >= 15 is 0 Å². The van der Waals surface area contributed by atoms with Crippen LogP contribution < -0.4 is 0 Å². The van der Waals surface area contributed by atoms with Gasteiger partial charge in [-0.2, -0.15) is 0 Å². The quantitative estimate of drug-likeness (QED) is 0.434. The fourth-order valence-corrected chi connectivity index (χ4v) is 0. The normalized spacial score (nSPS) is 4.94. The van der Waals surface area contributed by atoms with Crippen LogP contribution >= 0.6 is 0 Å². The van der Waals surface area contributed by atoms with Crippen molar-refractivity contribution < 1.29 is 0 Å². The molecule has 0 bridgehead atoms. The third-order valence-corrected chi connectivity index (χ3v) is 0.789. The summed E-state index contributed by atoms with van der Waals surface area (Å²) in [5.74, 6) is 0. The van der Waals surface area contributed by atoms with Crippen LogP contribution in [0.1, 0.15) is 95.4 Å². The molecule has 0 unspecified atom stereocenters. The average molecular weight is 235 g/mol. The summed E-state index contributed by atoms with van der Waals surface area (Å²) in [5, 5.41) is 0. The van der Waals surface area contributed by atoms with Crippen molar-refractivity contribution in [2.24, 2.45) is 0 Å². The Morgan fingerprint density at radius 3 is 0.750 bits per heavy atom. The van der Waals surface area contributed by atoms with Crippen LogP contribution in [-0.4, -0.2) is 0 Å². The molecular formula is C16H42. The van der Waals surface area contributed by atoms with Crippen LogP contribution in [0.15, 0.2) is 12.7 Å². The van der Waals surface area contributed by atoms with Crippen LogP contribution in [0.4, 0.5) is 0 Å². The van der Waals surface area contributed by atoms with Crippen molar-refractivity contribution in [3.63, 3.8) is 0 Å². The van der Waals surface area contributed by atoms with Crippen molar-refractivity contribution in [1.29, 1.82) is 0 Å². The summed E-state index contributed by atoms with van der Waals surface area (Å²) in [6.07, 6.45) is 5.60. The van der Waals surface area contributed by atoms with Gasteiger partial charge in [-0.3, -0.25) is 0 Å². The van der Waals surface area contributed by atoms with Crippen molar-refractivity contribution in [2.75, 3.05) is 0 Å². The molecule has 0 atom stereocenters. The van der Waals surface area contributed by atoms with Gasteiger partial charge in [0.2, 0.25) is 0 Å². The van der Waals surface area contributed by atoms with Crippen molar-refractivity contribution in [3.05, 3.63) is 12.7 Å². The maximum atomic E-state index is 3.48. The van der Waals surface area contributed by atoms with Gasteiger partial charge in [-0.15, -0.1) is 6.58 Å². The number of allylic oxidation sites excluding steroid dienone is 1. The van der Waals surface area contributed by atoms with Crippen molar-refractivity contribution in [1.82, 2.24) is 0 Å². The second kappa shape index (κ2) is 199. The van der Waals surface area contributed by atoms with Crippen LogP contribution in [0, 0.1) is 0 Å². The van der Waals surface area contributed by atoms with E-state index in [0.29, 0.717) is 0 Å². The Labute approximate surface area is 109 Å². The molecule has 0 spiro atoms. The lowest BCUT2D eigenvalue weighted by Gasteiger charge is -1.68. The molecule has 0 saturated heterocycles. The van der Waals surface area contributed by atoms with E-state index in [1.165, 1.54) is 12.8 Å². The highest BCUT2D eigenvalue weighted by Crippen LogP contribution is 1.76. The van der Waals surface area contributed by atoms with Gasteiger partial charge in [-0.05, 0) is 6.42 Å². The molecule has 0 rings (SSSR count). The first-order valence-corrected chi connectivity index (χ1v) is 7.44. The van der Waals surface area contributed by atoms with Crippen LogP contribution in [0.25, 0.3) is 0 Å². The Kier molecular flexibility index (Phi) is 448. The molecule has 0 amide bonds. The van der Waals surface area contributed by atoms with Gasteiger partial charge < -0.3 is 0 Å². The summed E-state index contributed by atoms with van der Waals surface area (Å²) in [4.78, 5) is 0. The van der Waals surface area contributed by atoms with E-state index in [-0.39, 0.29) is 0 Å². The molecule has 0 aliphatic rings. The van der Waals surface area contributed by atoms with Gasteiger partial charge in [0.1, 0.15) is 0 Å². The molecule has 0 aromatic heterocycles. The van der Waals surface area contributed by atoms with E-state index in [0.717, 1.165) is 6.42 Å². The molecule has 0 radical (unpaired) electrons. The lowest BCUT2D eigenvalue weighted by molar-refractivity contribution is 0.886. The molecule has 16 heavy (non-hydrogen) atoms.